The highest BCUT2D eigenvalue weighted by Gasteiger charge is 2.33. The Kier molecular flexibility index (Phi) is 9.10. The number of nitrogens with one attached hydrogen (secondary N) is 1. The van der Waals surface area contributed by atoms with Gasteiger partial charge in [-0.1, -0.05) is 19.1 Å². The summed E-state index contributed by atoms with van der Waals surface area (Å²) in [6.07, 6.45) is 0.558. The summed E-state index contributed by atoms with van der Waals surface area (Å²) in [6.45, 7) is 15.4. The summed E-state index contributed by atoms with van der Waals surface area (Å²) in [5.74, 6) is -0.356. The van der Waals surface area contributed by atoms with Gasteiger partial charge in [-0.2, -0.15) is 0 Å². The molecule has 1 aromatic rings. The maximum Gasteiger partial charge on any atom is 0.410 e. The fraction of sp³-hybridized carbons (Fsp3) is 0.783. The number of nitrogens with zero attached hydrogens (tertiary/aromatic N) is 5. The van der Waals surface area contributed by atoms with Gasteiger partial charge in [-0.3, -0.25) is 4.79 Å². The minimum Gasteiger partial charge on any atom is -0.444 e. The number of aromatic nitrogens is 3. The normalized spacial score (nSPS) is 16.6. The van der Waals surface area contributed by atoms with Gasteiger partial charge in [-0.25, -0.2) is 14.3 Å². The van der Waals surface area contributed by atoms with Crippen molar-refractivity contribution >= 4 is 18.1 Å². The second kappa shape index (κ2) is 11.2. The van der Waals surface area contributed by atoms with Crippen LogP contribution in [0.1, 0.15) is 73.2 Å². The van der Waals surface area contributed by atoms with Gasteiger partial charge in [0.25, 0.3) is 0 Å². The van der Waals surface area contributed by atoms with Gasteiger partial charge in [0.2, 0.25) is 5.91 Å². The Morgan fingerprint density at radius 2 is 1.54 bits per heavy atom. The first-order valence-corrected chi connectivity index (χ1v) is 11.9. The third-order valence-corrected chi connectivity index (χ3v) is 5.21. The summed E-state index contributed by atoms with van der Waals surface area (Å²) in [7, 11) is 0. The Bertz CT molecular complexity index is 880. The quantitative estimate of drug-likeness (QED) is 0.610. The van der Waals surface area contributed by atoms with Gasteiger partial charge in [-0.05, 0) is 47.5 Å². The highest BCUT2D eigenvalue weighted by atomic mass is 16.6. The number of carbonyl (C=O) groups is 3. The van der Waals surface area contributed by atoms with Crippen molar-refractivity contribution in [3.05, 3.63) is 11.9 Å². The number of hydrogen-bond donors (Lipinski definition) is 2. The molecule has 0 aromatic carbocycles. The number of rotatable bonds is 6. The number of piperazine rings is 1. The van der Waals surface area contributed by atoms with E-state index in [4.69, 9.17) is 9.47 Å². The lowest BCUT2D eigenvalue weighted by Crippen LogP contribution is -2.53. The lowest BCUT2D eigenvalue weighted by Gasteiger charge is -2.36. The summed E-state index contributed by atoms with van der Waals surface area (Å²) in [4.78, 5) is 40.8. The molecule has 1 aliphatic rings. The number of amides is 3. The smallest absolute Gasteiger partial charge is 0.410 e. The molecule has 0 radical (unpaired) electrons. The van der Waals surface area contributed by atoms with E-state index in [1.54, 1.807) is 57.5 Å². The van der Waals surface area contributed by atoms with Crippen molar-refractivity contribution in [2.24, 2.45) is 5.92 Å². The summed E-state index contributed by atoms with van der Waals surface area (Å²) >= 11 is 0. The number of carbonyl (C=O) groups excluding carboxylic acids is 3. The Labute approximate surface area is 206 Å². The molecule has 1 aromatic heterocycles. The molecule has 0 saturated carbocycles. The zero-order chi connectivity index (χ0) is 26.6. The van der Waals surface area contributed by atoms with Crippen LogP contribution in [0.2, 0.25) is 0 Å². The standard InChI is InChI=1S/C23H40N6O6/c1-15(2)18(24-20(32)34-22(3,4)5)16-13-29(26-25-16)17(14-30)19(31)27-9-11-28(12-10-27)21(33)35-23(6,7)8/h13,15,17-18,30H,9-12,14H2,1-8H3,(H,24,32)/t17-,18-/m0/s1. The third kappa shape index (κ3) is 8.37. The Balaban J connectivity index is 2.06. The van der Waals surface area contributed by atoms with E-state index in [0.29, 0.717) is 31.9 Å². The Morgan fingerprint density at radius 3 is 2.03 bits per heavy atom. The topological polar surface area (TPSA) is 139 Å². The van der Waals surface area contributed by atoms with Crippen LogP contribution in [0.15, 0.2) is 6.20 Å². The van der Waals surface area contributed by atoms with E-state index in [1.165, 1.54) is 4.68 Å². The van der Waals surface area contributed by atoms with Crippen LogP contribution in [-0.2, 0) is 14.3 Å². The van der Waals surface area contributed by atoms with Crippen LogP contribution in [0, 0.1) is 5.92 Å². The maximum atomic E-state index is 13.1. The zero-order valence-electron chi connectivity index (χ0n) is 22.1. The van der Waals surface area contributed by atoms with Crippen molar-refractivity contribution in [3.8, 4) is 0 Å². The second-order valence-corrected chi connectivity index (χ2v) is 11.0. The molecule has 0 unspecified atom stereocenters. The summed E-state index contributed by atoms with van der Waals surface area (Å²) in [5, 5.41) is 21.0. The van der Waals surface area contributed by atoms with E-state index < -0.39 is 42.1 Å². The first-order chi connectivity index (χ1) is 16.1. The number of ether oxygens (including phenoxy) is 2. The average Bonchev–Trinajstić information content (AvgIpc) is 3.19. The van der Waals surface area contributed by atoms with Gasteiger partial charge in [0.15, 0.2) is 6.04 Å². The Morgan fingerprint density at radius 1 is 1.00 bits per heavy atom. The first kappa shape index (κ1) is 28.3. The zero-order valence-corrected chi connectivity index (χ0v) is 22.1. The lowest BCUT2D eigenvalue weighted by atomic mass is 10.0. The average molecular weight is 497 g/mol. The minimum atomic E-state index is -0.973. The van der Waals surface area contributed by atoms with Crippen molar-refractivity contribution in [2.75, 3.05) is 32.8 Å². The molecule has 12 nitrogen and oxygen atoms in total. The molecule has 1 saturated heterocycles. The molecule has 12 heteroatoms. The molecule has 3 amide bonds. The monoisotopic (exact) mass is 496 g/mol. The predicted octanol–water partition coefficient (Wildman–Crippen LogP) is 2.11. The lowest BCUT2D eigenvalue weighted by molar-refractivity contribution is -0.138. The number of hydrogen-bond acceptors (Lipinski definition) is 8. The van der Waals surface area contributed by atoms with Crippen LogP contribution in [-0.4, -0.2) is 92.0 Å². The van der Waals surface area contributed by atoms with E-state index in [2.05, 4.69) is 15.6 Å². The van der Waals surface area contributed by atoms with Gasteiger partial charge in [0.05, 0.1) is 18.8 Å². The Hall–Kier alpha value is -2.89. The third-order valence-electron chi connectivity index (χ3n) is 5.21. The van der Waals surface area contributed by atoms with Crippen LogP contribution in [0.25, 0.3) is 0 Å². The van der Waals surface area contributed by atoms with Gasteiger partial charge in [0, 0.05) is 26.2 Å². The fourth-order valence-corrected chi connectivity index (χ4v) is 3.52. The van der Waals surface area contributed by atoms with E-state index in [1.807, 2.05) is 13.8 Å². The van der Waals surface area contributed by atoms with Crippen molar-refractivity contribution < 1.29 is 29.0 Å². The SMILES string of the molecule is CC(C)[C@H](NC(=O)OC(C)(C)C)c1cn([C@@H](CO)C(=O)N2CCN(C(=O)OC(C)(C)C)CC2)nn1. The first-order valence-electron chi connectivity index (χ1n) is 11.9. The van der Waals surface area contributed by atoms with Crippen LogP contribution in [0.4, 0.5) is 9.59 Å². The van der Waals surface area contributed by atoms with Crippen molar-refractivity contribution in [3.63, 3.8) is 0 Å². The van der Waals surface area contributed by atoms with Crippen LogP contribution in [0.3, 0.4) is 0 Å². The molecular weight excluding hydrogens is 456 g/mol. The van der Waals surface area contributed by atoms with Gasteiger partial charge >= 0.3 is 12.2 Å². The van der Waals surface area contributed by atoms with Crippen molar-refractivity contribution in [1.29, 1.82) is 0 Å². The molecule has 2 N–H and O–H groups in total. The molecule has 35 heavy (non-hydrogen) atoms. The minimum absolute atomic E-state index is 0.0307. The van der Waals surface area contributed by atoms with E-state index in [-0.39, 0.29) is 11.8 Å². The van der Waals surface area contributed by atoms with Gasteiger partial charge in [0.1, 0.15) is 16.9 Å². The van der Waals surface area contributed by atoms with E-state index in [9.17, 15) is 19.5 Å². The molecule has 198 valence electrons. The molecule has 2 rings (SSSR count). The predicted molar refractivity (Wildman–Crippen MR) is 127 cm³/mol. The van der Waals surface area contributed by atoms with Crippen LogP contribution in [0.5, 0.6) is 0 Å². The fourth-order valence-electron chi connectivity index (χ4n) is 3.52. The summed E-state index contributed by atoms with van der Waals surface area (Å²) in [6, 6.07) is -1.47. The molecule has 1 aliphatic heterocycles. The molecule has 2 heterocycles. The van der Waals surface area contributed by atoms with Crippen molar-refractivity contribution in [1.82, 2.24) is 30.1 Å². The van der Waals surface area contributed by atoms with E-state index >= 15 is 0 Å². The highest BCUT2D eigenvalue weighted by Crippen LogP contribution is 2.22. The van der Waals surface area contributed by atoms with Gasteiger partial charge < -0.3 is 29.7 Å². The molecule has 0 bridgehead atoms. The summed E-state index contributed by atoms with van der Waals surface area (Å²) in [5.41, 5.74) is -0.791. The van der Waals surface area contributed by atoms with Crippen LogP contribution < -0.4 is 5.32 Å². The van der Waals surface area contributed by atoms with Gasteiger partial charge in [-0.15, -0.1) is 5.10 Å². The summed E-state index contributed by atoms with van der Waals surface area (Å²) < 4.78 is 12.0. The largest absolute Gasteiger partial charge is 0.444 e. The van der Waals surface area contributed by atoms with Crippen molar-refractivity contribution in [2.45, 2.75) is 78.7 Å². The molecule has 0 aliphatic carbocycles. The highest BCUT2D eigenvalue weighted by molar-refractivity contribution is 5.81. The molecular formula is C23H40N6O6. The molecule has 1 fully saturated rings. The number of alkyl carbamates (subject to hydrolysis) is 1. The van der Waals surface area contributed by atoms with E-state index in [0.717, 1.165) is 0 Å². The maximum absolute atomic E-state index is 13.1. The number of aliphatic hydroxyl groups is 1. The second-order valence-electron chi connectivity index (χ2n) is 11.0. The van der Waals surface area contributed by atoms with Crippen LogP contribution >= 0.6 is 0 Å². The molecule has 2 atom stereocenters. The number of aliphatic hydroxyl groups excluding tert-OH is 1. The molecule has 0 spiro atoms.